The average Bonchev–Trinajstić information content (AvgIpc) is 2.39. The first-order chi connectivity index (χ1) is 10.1. The van der Waals surface area contributed by atoms with Crippen LogP contribution in [0.15, 0.2) is 0 Å². The third kappa shape index (κ3) is 3.49. The molecule has 122 valence electrons. The maximum atomic E-state index is 13.0. The third-order valence-electron chi connectivity index (χ3n) is 2.63. The van der Waals surface area contributed by atoms with Gasteiger partial charge in [-0.1, -0.05) is 0 Å². The number of aromatic nitrogens is 1. The van der Waals surface area contributed by atoms with Gasteiger partial charge >= 0.3 is 12.1 Å². The van der Waals surface area contributed by atoms with Crippen LogP contribution in [0.2, 0.25) is 0 Å². The van der Waals surface area contributed by atoms with E-state index in [4.69, 9.17) is 0 Å². The zero-order chi connectivity index (χ0) is 17.1. The summed E-state index contributed by atoms with van der Waals surface area (Å²) < 4.78 is 69.2. The number of nitrogens with one attached hydrogen (secondary N) is 1. The zero-order valence-electron chi connectivity index (χ0n) is 11.4. The Hall–Kier alpha value is -2.26. The van der Waals surface area contributed by atoms with Crippen LogP contribution in [0, 0.1) is 6.92 Å². The van der Waals surface area contributed by atoms with Crippen LogP contribution in [-0.4, -0.2) is 24.0 Å². The van der Waals surface area contributed by atoms with E-state index in [1.807, 2.05) is 5.32 Å². The summed E-state index contributed by atoms with van der Waals surface area (Å²) in [6.45, 7) is 2.13. The second kappa shape index (κ2) is 6.67. The van der Waals surface area contributed by atoms with E-state index in [-0.39, 0.29) is 13.0 Å². The molecular weight excluding hydrogens is 315 g/mol. The lowest BCUT2D eigenvalue weighted by molar-refractivity contribution is -0.142. The Morgan fingerprint density at radius 1 is 1.41 bits per heavy atom. The molecule has 0 bridgehead atoms. The Morgan fingerprint density at radius 3 is 2.41 bits per heavy atom. The lowest BCUT2D eigenvalue weighted by Crippen LogP contribution is -2.22. The summed E-state index contributed by atoms with van der Waals surface area (Å²) in [5.41, 5.74) is -5.22. The minimum absolute atomic E-state index is 0.00190. The molecule has 0 aromatic carbocycles. The largest absolute Gasteiger partial charge is 0.462 e. The van der Waals surface area contributed by atoms with Gasteiger partial charge in [0.15, 0.2) is 5.69 Å². The SMILES string of the molecule is CCOC(=O)c1c(C(F)(F)F)nc(C(F)F)c(NC=O)c1C. The lowest BCUT2D eigenvalue weighted by Gasteiger charge is -2.18. The summed E-state index contributed by atoms with van der Waals surface area (Å²) in [5, 5.41) is 1.84. The van der Waals surface area contributed by atoms with Crippen LogP contribution in [0.1, 0.15) is 40.7 Å². The van der Waals surface area contributed by atoms with Crippen LogP contribution in [-0.2, 0) is 15.7 Å². The van der Waals surface area contributed by atoms with Crippen molar-refractivity contribution in [1.82, 2.24) is 4.98 Å². The van der Waals surface area contributed by atoms with E-state index in [0.29, 0.717) is 0 Å². The van der Waals surface area contributed by atoms with Gasteiger partial charge in [-0.2, -0.15) is 13.2 Å². The Balaban J connectivity index is 3.75. The molecule has 0 spiro atoms. The number of hydrogen-bond donors (Lipinski definition) is 1. The molecule has 10 heteroatoms. The molecule has 1 aromatic heterocycles. The molecule has 0 atom stereocenters. The van der Waals surface area contributed by atoms with Crippen molar-refractivity contribution in [3.05, 3.63) is 22.5 Å². The number of hydrogen-bond acceptors (Lipinski definition) is 4. The van der Waals surface area contributed by atoms with Crippen molar-refractivity contribution < 1.29 is 36.3 Å². The molecule has 1 N–H and O–H groups in total. The number of esters is 1. The molecular formula is C12H11F5N2O3. The number of anilines is 1. The Kier molecular flexibility index (Phi) is 5.39. The first-order valence-electron chi connectivity index (χ1n) is 5.92. The molecule has 0 aliphatic carbocycles. The molecule has 1 aromatic rings. The monoisotopic (exact) mass is 326 g/mol. The smallest absolute Gasteiger partial charge is 0.434 e. The first-order valence-corrected chi connectivity index (χ1v) is 5.92. The summed E-state index contributed by atoms with van der Waals surface area (Å²) in [6, 6.07) is 0. The van der Waals surface area contributed by atoms with Crippen molar-refractivity contribution in [3.8, 4) is 0 Å². The molecule has 1 rings (SSSR count). The van der Waals surface area contributed by atoms with Crippen molar-refractivity contribution in [2.45, 2.75) is 26.4 Å². The molecule has 0 aliphatic heterocycles. The number of amides is 1. The van der Waals surface area contributed by atoms with Gasteiger partial charge in [0.05, 0.1) is 17.9 Å². The van der Waals surface area contributed by atoms with Crippen LogP contribution in [0.25, 0.3) is 0 Å². The normalized spacial score (nSPS) is 11.5. The van der Waals surface area contributed by atoms with Crippen molar-refractivity contribution in [1.29, 1.82) is 0 Å². The highest BCUT2D eigenvalue weighted by molar-refractivity contribution is 5.95. The highest BCUT2D eigenvalue weighted by Gasteiger charge is 2.41. The fraction of sp³-hybridized carbons (Fsp3) is 0.417. The molecule has 0 saturated carbocycles. The minimum atomic E-state index is -5.14. The Labute approximate surface area is 121 Å². The topological polar surface area (TPSA) is 68.3 Å². The Bertz CT molecular complexity index is 587. The number of alkyl halides is 5. The van der Waals surface area contributed by atoms with Crippen LogP contribution >= 0.6 is 0 Å². The molecule has 22 heavy (non-hydrogen) atoms. The van der Waals surface area contributed by atoms with Crippen LogP contribution in [0.4, 0.5) is 27.6 Å². The summed E-state index contributed by atoms with van der Waals surface area (Å²) in [5.74, 6) is -1.37. The molecule has 0 radical (unpaired) electrons. The lowest BCUT2D eigenvalue weighted by atomic mass is 10.0. The van der Waals surface area contributed by atoms with E-state index in [2.05, 4.69) is 9.72 Å². The van der Waals surface area contributed by atoms with Crippen LogP contribution < -0.4 is 5.32 Å². The fourth-order valence-electron chi connectivity index (χ4n) is 1.78. The molecule has 0 aliphatic rings. The number of carbonyl (C=O) groups is 2. The third-order valence-corrected chi connectivity index (χ3v) is 2.63. The van der Waals surface area contributed by atoms with E-state index in [9.17, 15) is 31.5 Å². The number of nitrogens with zero attached hydrogens (tertiary/aromatic N) is 1. The van der Waals surface area contributed by atoms with Gasteiger partial charge in [0, 0.05) is 0 Å². The predicted octanol–water partition coefficient (Wildman–Crippen LogP) is 3.09. The summed E-state index contributed by atoms with van der Waals surface area (Å²) in [6.07, 6.45) is -8.52. The summed E-state index contributed by atoms with van der Waals surface area (Å²) >= 11 is 0. The van der Waals surface area contributed by atoms with E-state index in [1.54, 1.807) is 0 Å². The quantitative estimate of drug-likeness (QED) is 0.513. The maximum absolute atomic E-state index is 13.0. The van der Waals surface area contributed by atoms with E-state index in [0.717, 1.165) is 6.92 Å². The number of carbonyl (C=O) groups excluding carboxylic acids is 2. The highest BCUT2D eigenvalue weighted by atomic mass is 19.4. The van der Waals surface area contributed by atoms with Gasteiger partial charge in [0.25, 0.3) is 6.43 Å². The van der Waals surface area contributed by atoms with Crippen molar-refractivity contribution >= 4 is 18.1 Å². The predicted molar refractivity (Wildman–Crippen MR) is 64.6 cm³/mol. The standard InChI is InChI=1S/C12H11F5N2O3/c1-3-22-11(21)6-5(2)7(18-4-20)8(10(13)14)19-9(6)12(15,16)17/h4,10H,3H2,1-2H3,(H,18,20). The number of ether oxygens (including phenoxy) is 1. The van der Waals surface area contributed by atoms with Crippen molar-refractivity contribution in [2.75, 3.05) is 11.9 Å². The zero-order valence-corrected chi connectivity index (χ0v) is 11.4. The van der Waals surface area contributed by atoms with Gasteiger partial charge in [-0.3, -0.25) is 4.79 Å². The van der Waals surface area contributed by atoms with Gasteiger partial charge in [0.1, 0.15) is 5.69 Å². The van der Waals surface area contributed by atoms with E-state index >= 15 is 0 Å². The van der Waals surface area contributed by atoms with Crippen LogP contribution in [0.5, 0.6) is 0 Å². The van der Waals surface area contributed by atoms with Crippen molar-refractivity contribution in [2.24, 2.45) is 0 Å². The number of halogens is 5. The second-order valence-electron chi connectivity index (χ2n) is 4.00. The van der Waals surface area contributed by atoms with Gasteiger partial charge in [-0.15, -0.1) is 0 Å². The molecule has 5 nitrogen and oxygen atoms in total. The average molecular weight is 326 g/mol. The summed E-state index contributed by atoms with van der Waals surface area (Å²) in [4.78, 5) is 25.0. The van der Waals surface area contributed by atoms with E-state index < -0.39 is 46.8 Å². The molecule has 0 unspecified atom stereocenters. The fourth-order valence-corrected chi connectivity index (χ4v) is 1.78. The van der Waals surface area contributed by atoms with Crippen LogP contribution in [0.3, 0.4) is 0 Å². The second-order valence-corrected chi connectivity index (χ2v) is 4.00. The minimum Gasteiger partial charge on any atom is -0.462 e. The number of rotatable bonds is 5. The van der Waals surface area contributed by atoms with Gasteiger partial charge in [-0.25, -0.2) is 18.6 Å². The number of pyridine rings is 1. The molecule has 0 fully saturated rings. The maximum Gasteiger partial charge on any atom is 0.434 e. The molecule has 1 heterocycles. The Morgan fingerprint density at radius 2 is 2.00 bits per heavy atom. The van der Waals surface area contributed by atoms with Gasteiger partial charge in [-0.05, 0) is 19.4 Å². The molecule has 1 amide bonds. The van der Waals surface area contributed by atoms with Gasteiger partial charge < -0.3 is 10.1 Å². The molecule has 0 saturated heterocycles. The first kappa shape index (κ1) is 17.8. The van der Waals surface area contributed by atoms with E-state index in [1.165, 1.54) is 6.92 Å². The summed E-state index contributed by atoms with van der Waals surface area (Å²) in [7, 11) is 0. The van der Waals surface area contributed by atoms with Gasteiger partial charge in [0.2, 0.25) is 6.41 Å². The highest BCUT2D eigenvalue weighted by Crippen LogP contribution is 2.38. The van der Waals surface area contributed by atoms with Crippen molar-refractivity contribution in [3.63, 3.8) is 0 Å².